The van der Waals surface area contributed by atoms with E-state index < -0.39 is 58.5 Å². The molecule has 3 atom stereocenters. The Morgan fingerprint density at radius 1 is 1.34 bits per heavy atom. The van der Waals surface area contributed by atoms with Crippen LogP contribution in [0.2, 0.25) is 0 Å². The van der Waals surface area contributed by atoms with Crippen LogP contribution in [0.15, 0.2) is 36.4 Å². The molecule has 2 heterocycles. The van der Waals surface area contributed by atoms with Gasteiger partial charge in [-0.15, -0.1) is 0 Å². The van der Waals surface area contributed by atoms with Crippen LogP contribution in [0.4, 0.5) is 14.9 Å². The Hall–Kier alpha value is -3.38. The van der Waals surface area contributed by atoms with Gasteiger partial charge in [-0.2, -0.15) is 8.42 Å². The molecular formula is C20H18FN3O7S. The fourth-order valence-electron chi connectivity index (χ4n) is 4.17. The van der Waals surface area contributed by atoms with Crippen molar-refractivity contribution in [2.75, 3.05) is 10.8 Å². The molecule has 2 aromatic carbocycles. The van der Waals surface area contributed by atoms with E-state index in [1.165, 1.54) is 6.07 Å². The van der Waals surface area contributed by atoms with E-state index in [2.05, 4.69) is 5.32 Å². The van der Waals surface area contributed by atoms with Gasteiger partial charge >= 0.3 is 16.3 Å². The van der Waals surface area contributed by atoms with Gasteiger partial charge < -0.3 is 19.9 Å². The molecule has 5 rings (SSSR count). The van der Waals surface area contributed by atoms with E-state index in [-0.39, 0.29) is 24.3 Å². The Balaban J connectivity index is 1.58. The summed E-state index contributed by atoms with van der Waals surface area (Å²) in [5, 5.41) is 11.4. The average molecular weight is 463 g/mol. The number of carbonyl (C=O) groups excluding carboxylic acids is 1. The van der Waals surface area contributed by atoms with E-state index in [9.17, 15) is 18.0 Å². The summed E-state index contributed by atoms with van der Waals surface area (Å²) in [6.45, 7) is -0.557. The molecule has 3 N–H and O–H groups in total. The monoisotopic (exact) mass is 463 g/mol. The second kappa shape index (κ2) is 7.35. The molecule has 2 aromatic rings. The first-order valence-electron chi connectivity index (χ1n) is 9.75. The van der Waals surface area contributed by atoms with Crippen LogP contribution in [-0.4, -0.2) is 44.2 Å². The van der Waals surface area contributed by atoms with E-state index in [4.69, 9.17) is 14.6 Å². The summed E-state index contributed by atoms with van der Waals surface area (Å²) in [7, 11) is -4.31. The van der Waals surface area contributed by atoms with Crippen molar-refractivity contribution in [1.29, 1.82) is 0 Å². The molecule has 2 saturated heterocycles. The van der Waals surface area contributed by atoms with Gasteiger partial charge in [0.1, 0.15) is 36.8 Å². The zero-order valence-corrected chi connectivity index (χ0v) is 17.3. The highest BCUT2D eigenvalue weighted by molar-refractivity contribution is 7.92. The predicted octanol–water partition coefficient (Wildman–Crippen LogP) is 1.22. The van der Waals surface area contributed by atoms with E-state index in [0.29, 0.717) is 9.87 Å². The molecular weight excluding hydrogens is 445 g/mol. The Morgan fingerprint density at radius 2 is 2.09 bits per heavy atom. The summed E-state index contributed by atoms with van der Waals surface area (Å²) in [6.07, 6.45) is -2.28. The molecule has 168 valence electrons. The number of benzene rings is 2. The fourth-order valence-corrected chi connectivity index (χ4v) is 5.33. The number of epoxide rings is 1. The number of nitrogens with one attached hydrogen (secondary N) is 2. The minimum Gasteiger partial charge on any atom is -0.487 e. The van der Waals surface area contributed by atoms with Crippen molar-refractivity contribution in [1.82, 2.24) is 10.0 Å². The highest BCUT2D eigenvalue weighted by atomic mass is 32.2. The number of hydrogen-bond acceptors (Lipinski definition) is 6. The van der Waals surface area contributed by atoms with E-state index in [0.717, 1.165) is 5.56 Å². The lowest BCUT2D eigenvalue weighted by atomic mass is 9.87. The summed E-state index contributed by atoms with van der Waals surface area (Å²) < 4.78 is 54.6. The molecule has 3 aliphatic rings. The van der Waals surface area contributed by atoms with Crippen LogP contribution in [0.1, 0.15) is 22.8 Å². The smallest absolute Gasteiger partial charge is 0.404 e. The molecule has 2 aliphatic heterocycles. The van der Waals surface area contributed by atoms with Crippen LogP contribution in [0.25, 0.3) is 0 Å². The first-order chi connectivity index (χ1) is 15.2. The van der Waals surface area contributed by atoms with E-state index in [1.54, 1.807) is 24.3 Å². The first-order valence-corrected chi connectivity index (χ1v) is 11.2. The number of fused-ring (bicyclic) bond motifs is 3. The molecule has 0 bridgehead atoms. The van der Waals surface area contributed by atoms with Crippen molar-refractivity contribution in [3.63, 3.8) is 0 Å². The molecule has 0 spiro atoms. The standard InChI is InChI=1S/C20H18FN3O7S/c21-16-11-6-13(22-20(26)27)19-18(31-19)12(11)7-14(30-9-10-4-2-1-3-5-10)17(16)24-8-15(25)23-32(24,28)29/h1-5,7,13,18-19,22H,6,8-9H2,(H,23,25)(H,26,27)/t13-,18+,19-/m0/s1. The van der Waals surface area contributed by atoms with Crippen LogP contribution in [0.3, 0.4) is 0 Å². The lowest BCUT2D eigenvalue weighted by molar-refractivity contribution is -0.117. The molecule has 0 radical (unpaired) electrons. The number of hydrogen-bond donors (Lipinski definition) is 3. The highest BCUT2D eigenvalue weighted by Gasteiger charge is 2.53. The van der Waals surface area contributed by atoms with Gasteiger partial charge in [-0.3, -0.25) is 4.79 Å². The van der Waals surface area contributed by atoms with Crippen molar-refractivity contribution in [2.45, 2.75) is 31.3 Å². The topological polar surface area (TPSA) is 138 Å². The summed E-state index contributed by atoms with van der Waals surface area (Å²) in [5.74, 6) is -1.74. The van der Waals surface area contributed by atoms with Crippen molar-refractivity contribution in [3.05, 3.63) is 58.9 Å². The van der Waals surface area contributed by atoms with Crippen molar-refractivity contribution in [3.8, 4) is 5.75 Å². The Morgan fingerprint density at radius 3 is 2.75 bits per heavy atom. The molecule has 2 fully saturated rings. The van der Waals surface area contributed by atoms with E-state index in [1.807, 2.05) is 10.8 Å². The van der Waals surface area contributed by atoms with Gasteiger partial charge in [0.05, 0.1) is 6.04 Å². The zero-order chi connectivity index (χ0) is 22.6. The third kappa shape index (κ3) is 3.50. The third-order valence-corrected chi connectivity index (χ3v) is 6.99. The number of amides is 2. The Labute approximate surface area is 182 Å². The largest absolute Gasteiger partial charge is 0.487 e. The van der Waals surface area contributed by atoms with Gasteiger partial charge in [0.15, 0.2) is 5.82 Å². The highest BCUT2D eigenvalue weighted by Crippen LogP contribution is 2.51. The third-order valence-electron chi connectivity index (χ3n) is 5.61. The van der Waals surface area contributed by atoms with Crippen LogP contribution in [0.5, 0.6) is 5.75 Å². The summed E-state index contributed by atoms with van der Waals surface area (Å²) in [4.78, 5) is 22.9. The molecule has 12 heteroatoms. The van der Waals surface area contributed by atoms with Crippen LogP contribution >= 0.6 is 0 Å². The van der Waals surface area contributed by atoms with Crippen molar-refractivity contribution in [2.24, 2.45) is 0 Å². The normalized spacial score (nSPS) is 24.8. The lowest BCUT2D eigenvalue weighted by Crippen LogP contribution is -2.42. The second-order valence-electron chi connectivity index (χ2n) is 7.70. The predicted molar refractivity (Wildman–Crippen MR) is 108 cm³/mol. The lowest BCUT2D eigenvalue weighted by Gasteiger charge is -2.26. The molecule has 32 heavy (non-hydrogen) atoms. The molecule has 10 nitrogen and oxygen atoms in total. The minimum absolute atomic E-state index is 0.0319. The van der Waals surface area contributed by atoms with Gasteiger partial charge in [0, 0.05) is 0 Å². The molecule has 0 aromatic heterocycles. The maximum Gasteiger partial charge on any atom is 0.404 e. The first kappa shape index (κ1) is 20.5. The van der Waals surface area contributed by atoms with Crippen molar-refractivity contribution < 1.29 is 37.0 Å². The number of ether oxygens (including phenoxy) is 2. The number of carbonyl (C=O) groups is 2. The summed E-state index contributed by atoms with van der Waals surface area (Å²) in [5.41, 5.74) is 0.977. The summed E-state index contributed by atoms with van der Waals surface area (Å²) in [6, 6.07) is 9.86. The Bertz CT molecular complexity index is 1220. The number of anilines is 1. The Kier molecular flexibility index (Phi) is 4.71. The number of nitrogens with zero attached hydrogens (tertiary/aromatic N) is 1. The molecule has 0 unspecified atom stereocenters. The molecule has 1 aliphatic carbocycles. The average Bonchev–Trinajstić information content (AvgIpc) is 3.48. The summed E-state index contributed by atoms with van der Waals surface area (Å²) >= 11 is 0. The van der Waals surface area contributed by atoms with Crippen molar-refractivity contribution >= 4 is 27.9 Å². The maximum atomic E-state index is 15.8. The quantitative estimate of drug-likeness (QED) is 0.567. The zero-order valence-electron chi connectivity index (χ0n) is 16.4. The van der Waals surface area contributed by atoms with Gasteiger partial charge in [0.25, 0.3) is 5.91 Å². The van der Waals surface area contributed by atoms with Gasteiger partial charge in [-0.05, 0) is 29.2 Å². The van der Waals surface area contributed by atoms with Crippen LogP contribution < -0.4 is 19.1 Å². The fraction of sp³-hybridized carbons (Fsp3) is 0.300. The number of carboxylic acid groups (broad SMARTS) is 1. The molecule has 0 saturated carbocycles. The maximum absolute atomic E-state index is 15.8. The number of rotatable bonds is 5. The minimum atomic E-state index is -4.31. The van der Waals surface area contributed by atoms with Gasteiger partial charge in [-0.25, -0.2) is 18.2 Å². The van der Waals surface area contributed by atoms with Gasteiger partial charge in [-0.1, -0.05) is 30.3 Å². The van der Waals surface area contributed by atoms with Crippen LogP contribution in [-0.2, 0) is 32.8 Å². The van der Waals surface area contributed by atoms with Gasteiger partial charge in [0.2, 0.25) is 0 Å². The van der Waals surface area contributed by atoms with Crippen LogP contribution in [0, 0.1) is 5.82 Å². The number of halogens is 1. The SMILES string of the molecule is O=C(O)N[C@H]1Cc2c(cc(OCc3ccccc3)c(N3CC(=O)NS3(=O)=O)c2F)[C@H]2O[C@@H]12. The van der Waals surface area contributed by atoms with E-state index >= 15 is 4.39 Å². The second-order valence-corrected chi connectivity index (χ2v) is 9.29. The molecule has 2 amide bonds.